The Morgan fingerprint density at radius 2 is 2.14 bits per heavy atom. The lowest BCUT2D eigenvalue weighted by molar-refractivity contribution is -0.140. The number of hydrazone groups is 1. The number of ether oxygens (including phenoxy) is 3. The maximum absolute atomic E-state index is 11.1. The molecule has 0 aromatic rings. The van der Waals surface area contributed by atoms with Gasteiger partial charge in [0.05, 0.1) is 31.8 Å². The highest BCUT2D eigenvalue weighted by Gasteiger charge is 2.17. The van der Waals surface area contributed by atoms with Crippen LogP contribution in [0.15, 0.2) is 5.10 Å². The second-order valence-corrected chi connectivity index (χ2v) is 5.64. The number of carbonyl (C=O) groups excluding carboxylic acids is 2. The molecule has 1 atom stereocenters. The van der Waals surface area contributed by atoms with Crippen LogP contribution in [0.1, 0.15) is 32.1 Å². The number of rotatable bonds is 6. The van der Waals surface area contributed by atoms with Crippen molar-refractivity contribution in [1.29, 1.82) is 0 Å². The van der Waals surface area contributed by atoms with Gasteiger partial charge in [-0.25, -0.2) is 10.2 Å². The summed E-state index contributed by atoms with van der Waals surface area (Å²) in [6.45, 7) is 0.759. The van der Waals surface area contributed by atoms with Crippen molar-refractivity contribution in [3.05, 3.63) is 0 Å². The standard InChI is InChI=1S/C13H22N2O5S/c1-18-12(16)6-8-21-11(14-15-13(17)19-2)9-10-5-3-4-7-20-10/h10H,3-9H2,1-2H3,(H,15,17)/b14-11+. The fraction of sp³-hybridized carbons (Fsp3) is 0.769. The molecule has 1 aliphatic heterocycles. The smallest absolute Gasteiger partial charge is 0.427 e. The third-order valence-corrected chi connectivity index (χ3v) is 3.94. The Morgan fingerprint density at radius 1 is 1.33 bits per heavy atom. The minimum absolute atomic E-state index is 0.113. The van der Waals surface area contributed by atoms with E-state index in [1.165, 1.54) is 26.0 Å². The first kappa shape index (κ1) is 17.8. The normalized spacial score (nSPS) is 19.0. The molecule has 21 heavy (non-hydrogen) atoms. The van der Waals surface area contributed by atoms with Crippen LogP contribution in [0.25, 0.3) is 0 Å². The van der Waals surface area contributed by atoms with Gasteiger partial charge in [0.2, 0.25) is 0 Å². The molecule has 1 heterocycles. The minimum atomic E-state index is -0.620. The number of amides is 1. The van der Waals surface area contributed by atoms with Crippen LogP contribution in [-0.2, 0) is 19.0 Å². The van der Waals surface area contributed by atoms with Gasteiger partial charge in [0.15, 0.2) is 0 Å². The van der Waals surface area contributed by atoms with Gasteiger partial charge in [-0.3, -0.25) is 4.79 Å². The zero-order valence-corrected chi connectivity index (χ0v) is 13.2. The van der Waals surface area contributed by atoms with E-state index >= 15 is 0 Å². The van der Waals surface area contributed by atoms with Gasteiger partial charge in [0.25, 0.3) is 0 Å². The Kier molecular flexibility index (Phi) is 8.84. The number of carbonyl (C=O) groups is 2. The van der Waals surface area contributed by atoms with E-state index in [0.717, 1.165) is 30.9 Å². The number of nitrogens with one attached hydrogen (secondary N) is 1. The van der Waals surface area contributed by atoms with Crippen molar-refractivity contribution >= 4 is 28.9 Å². The Labute approximate surface area is 128 Å². The number of esters is 1. The molecule has 1 N–H and O–H groups in total. The van der Waals surface area contributed by atoms with Crippen molar-refractivity contribution in [2.75, 3.05) is 26.6 Å². The summed E-state index contributed by atoms with van der Waals surface area (Å²) in [5.41, 5.74) is 2.31. The van der Waals surface area contributed by atoms with Crippen molar-refractivity contribution in [3.63, 3.8) is 0 Å². The van der Waals surface area contributed by atoms with E-state index in [1.807, 2.05) is 0 Å². The highest BCUT2D eigenvalue weighted by Crippen LogP contribution is 2.20. The lowest BCUT2D eigenvalue weighted by Crippen LogP contribution is -2.24. The summed E-state index contributed by atoms with van der Waals surface area (Å²) in [5.74, 6) is 0.276. The van der Waals surface area contributed by atoms with E-state index in [1.54, 1.807) is 0 Å². The largest absolute Gasteiger partial charge is 0.469 e. The predicted molar refractivity (Wildman–Crippen MR) is 80.3 cm³/mol. The fourth-order valence-electron chi connectivity index (χ4n) is 1.81. The van der Waals surface area contributed by atoms with Crippen LogP contribution in [0.2, 0.25) is 0 Å². The molecule has 1 unspecified atom stereocenters. The minimum Gasteiger partial charge on any atom is -0.469 e. The maximum atomic E-state index is 11.1. The second-order valence-electron chi connectivity index (χ2n) is 4.48. The molecule has 1 amide bonds. The molecule has 1 rings (SSSR count). The van der Waals surface area contributed by atoms with Crippen LogP contribution in [0, 0.1) is 0 Å². The summed E-state index contributed by atoms with van der Waals surface area (Å²) in [7, 11) is 2.63. The van der Waals surface area contributed by atoms with E-state index < -0.39 is 6.09 Å². The molecule has 0 bridgehead atoms. The molecule has 0 radical (unpaired) electrons. The first-order valence-electron chi connectivity index (χ1n) is 6.87. The van der Waals surface area contributed by atoms with E-state index in [2.05, 4.69) is 20.0 Å². The quantitative estimate of drug-likeness (QED) is 0.348. The average Bonchev–Trinajstić information content (AvgIpc) is 2.52. The van der Waals surface area contributed by atoms with Crippen LogP contribution >= 0.6 is 11.8 Å². The fourth-order valence-corrected chi connectivity index (χ4v) is 2.73. The molecule has 0 saturated carbocycles. The van der Waals surface area contributed by atoms with E-state index in [-0.39, 0.29) is 12.1 Å². The van der Waals surface area contributed by atoms with Crippen molar-refractivity contribution in [2.24, 2.45) is 5.10 Å². The maximum Gasteiger partial charge on any atom is 0.427 e. The van der Waals surface area contributed by atoms with Gasteiger partial charge in [0.1, 0.15) is 0 Å². The first-order chi connectivity index (χ1) is 10.2. The summed E-state index contributed by atoms with van der Waals surface area (Å²) in [4.78, 5) is 22.2. The van der Waals surface area contributed by atoms with Crippen LogP contribution in [-0.4, -0.2) is 49.8 Å². The lowest BCUT2D eigenvalue weighted by Gasteiger charge is -2.22. The zero-order chi connectivity index (χ0) is 15.5. The topological polar surface area (TPSA) is 86.2 Å². The zero-order valence-electron chi connectivity index (χ0n) is 12.4. The monoisotopic (exact) mass is 318 g/mol. The summed E-state index contributed by atoms with van der Waals surface area (Å²) < 4.78 is 14.7. The predicted octanol–water partition coefficient (Wildman–Crippen LogP) is 1.91. The van der Waals surface area contributed by atoms with E-state index in [0.29, 0.717) is 18.6 Å². The lowest BCUT2D eigenvalue weighted by atomic mass is 10.1. The number of hydrogen-bond acceptors (Lipinski definition) is 7. The van der Waals surface area contributed by atoms with Crippen molar-refractivity contribution in [3.8, 4) is 0 Å². The Balaban J connectivity index is 2.47. The van der Waals surface area contributed by atoms with E-state index in [9.17, 15) is 9.59 Å². The van der Waals surface area contributed by atoms with Crippen LogP contribution < -0.4 is 5.43 Å². The van der Waals surface area contributed by atoms with Crippen molar-refractivity contribution < 1.29 is 23.8 Å². The third-order valence-electron chi connectivity index (χ3n) is 2.94. The van der Waals surface area contributed by atoms with Gasteiger partial charge < -0.3 is 14.2 Å². The average molecular weight is 318 g/mol. The number of nitrogens with zero attached hydrogens (tertiary/aromatic N) is 1. The highest BCUT2D eigenvalue weighted by atomic mass is 32.2. The molecule has 0 aromatic heterocycles. The van der Waals surface area contributed by atoms with E-state index in [4.69, 9.17) is 4.74 Å². The molecule has 0 aromatic carbocycles. The molecule has 0 aliphatic carbocycles. The summed E-state index contributed by atoms with van der Waals surface area (Å²) in [6.07, 6.45) is 3.61. The number of thioether (sulfide) groups is 1. The molecule has 0 spiro atoms. The Morgan fingerprint density at radius 3 is 2.76 bits per heavy atom. The molecular formula is C13H22N2O5S. The first-order valence-corrected chi connectivity index (χ1v) is 7.86. The molecule has 1 aliphatic rings. The summed E-state index contributed by atoms with van der Waals surface area (Å²) >= 11 is 1.41. The van der Waals surface area contributed by atoms with Gasteiger partial charge in [-0.05, 0) is 19.3 Å². The Bertz CT molecular complexity index is 370. The van der Waals surface area contributed by atoms with Crippen molar-refractivity contribution in [1.82, 2.24) is 5.43 Å². The third kappa shape index (κ3) is 7.91. The van der Waals surface area contributed by atoms with Crippen LogP contribution in [0.5, 0.6) is 0 Å². The van der Waals surface area contributed by atoms with Gasteiger partial charge in [0, 0.05) is 18.8 Å². The summed E-state index contributed by atoms with van der Waals surface area (Å²) in [6, 6.07) is 0. The Hall–Kier alpha value is -1.28. The van der Waals surface area contributed by atoms with Gasteiger partial charge in [-0.2, -0.15) is 5.10 Å². The molecular weight excluding hydrogens is 296 g/mol. The molecule has 8 heteroatoms. The van der Waals surface area contributed by atoms with Crippen LogP contribution in [0.3, 0.4) is 0 Å². The highest BCUT2D eigenvalue weighted by molar-refractivity contribution is 8.13. The van der Waals surface area contributed by atoms with Gasteiger partial charge >= 0.3 is 12.1 Å². The van der Waals surface area contributed by atoms with Gasteiger partial charge in [-0.15, -0.1) is 11.8 Å². The SMILES string of the molecule is COC(=O)CCS/C(CC1CCCCO1)=N/NC(=O)OC. The second kappa shape index (κ2) is 10.4. The van der Waals surface area contributed by atoms with Crippen LogP contribution in [0.4, 0.5) is 4.79 Å². The molecule has 1 fully saturated rings. The molecule has 120 valence electrons. The number of hydrogen-bond donors (Lipinski definition) is 1. The van der Waals surface area contributed by atoms with Gasteiger partial charge in [-0.1, -0.05) is 0 Å². The molecule has 7 nitrogen and oxygen atoms in total. The molecule has 1 saturated heterocycles. The number of methoxy groups -OCH3 is 2. The van der Waals surface area contributed by atoms with Crippen molar-refractivity contribution in [2.45, 2.75) is 38.2 Å². The summed E-state index contributed by atoms with van der Waals surface area (Å²) in [5, 5.41) is 4.75.